The Morgan fingerprint density at radius 3 is 2.74 bits per heavy atom. The van der Waals surface area contributed by atoms with Crippen LogP contribution >= 0.6 is 0 Å². The smallest absolute Gasteiger partial charge is 0.252 e. The second-order valence-electron chi connectivity index (χ2n) is 5.13. The third kappa shape index (κ3) is 3.05. The molecule has 0 bridgehead atoms. The third-order valence-electron chi connectivity index (χ3n) is 3.45. The van der Waals surface area contributed by atoms with Crippen LogP contribution in [-0.2, 0) is 0 Å². The summed E-state index contributed by atoms with van der Waals surface area (Å²) in [6.07, 6.45) is 1.99. The summed E-state index contributed by atoms with van der Waals surface area (Å²) in [6, 6.07) is 5.35. The first kappa shape index (κ1) is 13.4. The number of benzene rings is 1. The third-order valence-corrected chi connectivity index (χ3v) is 3.45. The van der Waals surface area contributed by atoms with E-state index >= 15 is 0 Å². The maximum Gasteiger partial charge on any atom is 0.252 e. The zero-order valence-corrected chi connectivity index (χ0v) is 11.2. The van der Waals surface area contributed by atoms with E-state index in [2.05, 4.69) is 10.5 Å². The van der Waals surface area contributed by atoms with Crippen LogP contribution in [0.3, 0.4) is 0 Å². The Labute approximate surface area is 112 Å². The highest BCUT2D eigenvalue weighted by Gasteiger charge is 2.35. The van der Waals surface area contributed by atoms with Crippen molar-refractivity contribution in [3.8, 4) is 0 Å². The Bertz CT molecular complexity index is 521. The van der Waals surface area contributed by atoms with Crippen LogP contribution in [0.5, 0.6) is 0 Å². The average Bonchev–Trinajstić information content (AvgIpc) is 3.22. The van der Waals surface area contributed by atoms with Crippen molar-refractivity contribution < 1.29 is 10.0 Å². The van der Waals surface area contributed by atoms with Gasteiger partial charge in [-0.15, -0.1) is 0 Å². The highest BCUT2D eigenvalue weighted by atomic mass is 16.4. The minimum Gasteiger partial charge on any atom is -0.409 e. The second-order valence-corrected chi connectivity index (χ2v) is 5.13. The van der Waals surface area contributed by atoms with Gasteiger partial charge in [0.05, 0.1) is 6.04 Å². The van der Waals surface area contributed by atoms with Crippen molar-refractivity contribution in [1.82, 2.24) is 5.32 Å². The molecule has 4 N–H and O–H groups in total. The fourth-order valence-electron chi connectivity index (χ4n) is 2.12. The van der Waals surface area contributed by atoms with E-state index in [1.807, 2.05) is 32.0 Å². The number of hydrogen-bond donors (Lipinski definition) is 3. The van der Waals surface area contributed by atoms with Crippen molar-refractivity contribution in [3.63, 3.8) is 0 Å². The second kappa shape index (κ2) is 5.30. The molecule has 0 heterocycles. The summed E-state index contributed by atoms with van der Waals surface area (Å²) in [6.45, 7) is 3.84. The van der Waals surface area contributed by atoms with Gasteiger partial charge >= 0.3 is 0 Å². The molecule has 5 heteroatoms. The van der Waals surface area contributed by atoms with E-state index in [1.54, 1.807) is 0 Å². The fraction of sp³-hybridized carbons (Fsp3) is 0.429. The SMILES string of the molecule is Cc1ccc(C)c(C(=O)NC(C(N)=NO)C2CC2)c1. The molecule has 1 aromatic carbocycles. The van der Waals surface area contributed by atoms with Crippen molar-refractivity contribution in [2.24, 2.45) is 16.8 Å². The van der Waals surface area contributed by atoms with E-state index < -0.39 is 0 Å². The molecule has 102 valence electrons. The van der Waals surface area contributed by atoms with E-state index in [0.29, 0.717) is 5.56 Å². The molecule has 1 aliphatic carbocycles. The maximum absolute atomic E-state index is 12.3. The van der Waals surface area contributed by atoms with Crippen LogP contribution in [0.1, 0.15) is 34.3 Å². The lowest BCUT2D eigenvalue weighted by Gasteiger charge is -2.17. The molecule has 1 unspecified atom stereocenters. The average molecular weight is 261 g/mol. The first-order valence-electron chi connectivity index (χ1n) is 6.38. The van der Waals surface area contributed by atoms with Gasteiger partial charge in [0.1, 0.15) is 0 Å². The molecule has 2 rings (SSSR count). The van der Waals surface area contributed by atoms with Gasteiger partial charge < -0.3 is 16.3 Å². The lowest BCUT2D eigenvalue weighted by atomic mass is 10.0. The zero-order chi connectivity index (χ0) is 14.0. The number of nitrogens with one attached hydrogen (secondary N) is 1. The molecule has 1 atom stereocenters. The van der Waals surface area contributed by atoms with E-state index in [0.717, 1.165) is 24.0 Å². The zero-order valence-electron chi connectivity index (χ0n) is 11.2. The number of aryl methyl sites for hydroxylation is 2. The molecule has 0 aromatic heterocycles. The quantitative estimate of drug-likeness (QED) is 0.332. The van der Waals surface area contributed by atoms with Crippen LogP contribution in [0.25, 0.3) is 0 Å². The standard InChI is InChI=1S/C14H19N3O2/c1-8-3-4-9(2)11(7-8)14(18)16-12(10-5-6-10)13(15)17-19/h3-4,7,10,12,19H,5-6H2,1-2H3,(H2,15,17)(H,16,18). The summed E-state index contributed by atoms with van der Waals surface area (Å²) in [5, 5.41) is 14.7. The largest absolute Gasteiger partial charge is 0.409 e. The normalized spacial score (nSPS) is 17.1. The maximum atomic E-state index is 12.3. The number of nitrogens with two attached hydrogens (primary N) is 1. The monoisotopic (exact) mass is 261 g/mol. The summed E-state index contributed by atoms with van der Waals surface area (Å²) in [5.74, 6) is 0.177. The molecule has 1 fully saturated rings. The van der Waals surface area contributed by atoms with Crippen LogP contribution in [0.15, 0.2) is 23.4 Å². The van der Waals surface area contributed by atoms with Gasteiger partial charge in [-0.05, 0) is 44.2 Å². The molecule has 0 aliphatic heterocycles. The highest BCUT2D eigenvalue weighted by Crippen LogP contribution is 2.33. The van der Waals surface area contributed by atoms with Crippen LogP contribution in [-0.4, -0.2) is 23.0 Å². The minimum atomic E-state index is -0.377. The molecule has 1 aromatic rings. The van der Waals surface area contributed by atoms with Gasteiger partial charge in [0.2, 0.25) is 0 Å². The fourth-order valence-corrected chi connectivity index (χ4v) is 2.12. The van der Waals surface area contributed by atoms with Crippen LogP contribution < -0.4 is 11.1 Å². The summed E-state index contributed by atoms with van der Waals surface area (Å²) in [7, 11) is 0. The molecule has 1 saturated carbocycles. The van der Waals surface area contributed by atoms with Crippen molar-refractivity contribution in [2.75, 3.05) is 0 Å². The number of hydrogen-bond acceptors (Lipinski definition) is 3. The van der Waals surface area contributed by atoms with E-state index in [1.165, 1.54) is 0 Å². The van der Waals surface area contributed by atoms with E-state index in [9.17, 15) is 4.79 Å². The topological polar surface area (TPSA) is 87.7 Å². The first-order valence-corrected chi connectivity index (χ1v) is 6.38. The molecule has 1 amide bonds. The van der Waals surface area contributed by atoms with Gasteiger partial charge in [-0.2, -0.15) is 0 Å². The highest BCUT2D eigenvalue weighted by molar-refractivity contribution is 5.99. The molecular formula is C14H19N3O2. The van der Waals surface area contributed by atoms with Gasteiger partial charge in [-0.1, -0.05) is 22.9 Å². The molecule has 19 heavy (non-hydrogen) atoms. The van der Waals surface area contributed by atoms with Crippen LogP contribution in [0, 0.1) is 19.8 Å². The number of rotatable bonds is 4. The van der Waals surface area contributed by atoms with Gasteiger partial charge in [-0.25, -0.2) is 0 Å². The van der Waals surface area contributed by atoms with Crippen molar-refractivity contribution in [1.29, 1.82) is 0 Å². The van der Waals surface area contributed by atoms with E-state index in [4.69, 9.17) is 10.9 Å². The van der Waals surface area contributed by atoms with Gasteiger partial charge in [-0.3, -0.25) is 4.79 Å². The lowest BCUT2D eigenvalue weighted by molar-refractivity contribution is 0.0942. The first-order chi connectivity index (χ1) is 9.02. The number of amides is 1. The van der Waals surface area contributed by atoms with Crippen LogP contribution in [0.2, 0.25) is 0 Å². The van der Waals surface area contributed by atoms with Gasteiger partial charge in [0, 0.05) is 5.56 Å². The summed E-state index contributed by atoms with van der Waals surface area (Å²) >= 11 is 0. The van der Waals surface area contributed by atoms with Gasteiger partial charge in [0.25, 0.3) is 5.91 Å². The molecule has 0 saturated heterocycles. The Hall–Kier alpha value is -2.04. The number of carbonyl (C=O) groups is 1. The molecule has 5 nitrogen and oxygen atoms in total. The summed E-state index contributed by atoms with van der Waals surface area (Å²) < 4.78 is 0. The summed E-state index contributed by atoms with van der Waals surface area (Å²) in [4.78, 5) is 12.3. The predicted octanol–water partition coefficient (Wildman–Crippen LogP) is 1.56. The number of carbonyl (C=O) groups excluding carboxylic acids is 1. The Balaban J connectivity index is 2.17. The number of oxime groups is 1. The predicted molar refractivity (Wildman–Crippen MR) is 73.3 cm³/mol. The lowest BCUT2D eigenvalue weighted by Crippen LogP contribution is -2.46. The van der Waals surface area contributed by atoms with E-state index in [-0.39, 0.29) is 23.7 Å². The Kier molecular flexibility index (Phi) is 3.74. The molecule has 0 radical (unpaired) electrons. The Morgan fingerprint density at radius 1 is 1.47 bits per heavy atom. The summed E-state index contributed by atoms with van der Waals surface area (Å²) in [5.41, 5.74) is 8.22. The molecular weight excluding hydrogens is 242 g/mol. The molecule has 1 aliphatic rings. The molecule has 0 spiro atoms. The number of amidine groups is 1. The Morgan fingerprint density at radius 2 is 2.16 bits per heavy atom. The number of nitrogens with zero attached hydrogens (tertiary/aromatic N) is 1. The van der Waals surface area contributed by atoms with Crippen LogP contribution in [0.4, 0.5) is 0 Å². The van der Waals surface area contributed by atoms with Gasteiger partial charge in [0.15, 0.2) is 5.84 Å². The van der Waals surface area contributed by atoms with Crippen molar-refractivity contribution in [2.45, 2.75) is 32.7 Å². The van der Waals surface area contributed by atoms with Crippen molar-refractivity contribution >= 4 is 11.7 Å². The van der Waals surface area contributed by atoms with Crippen molar-refractivity contribution in [3.05, 3.63) is 34.9 Å². The minimum absolute atomic E-state index is 0.0705.